The van der Waals surface area contributed by atoms with Gasteiger partial charge in [-0.15, -0.1) is 0 Å². The van der Waals surface area contributed by atoms with E-state index in [1.807, 2.05) is 18.7 Å². The Labute approximate surface area is 137 Å². The highest BCUT2D eigenvalue weighted by molar-refractivity contribution is 5.93. The van der Waals surface area contributed by atoms with Crippen molar-refractivity contribution in [2.24, 2.45) is 0 Å². The Morgan fingerprint density at radius 2 is 2.04 bits per heavy atom. The fourth-order valence-corrected chi connectivity index (χ4v) is 2.49. The van der Waals surface area contributed by atoms with Crippen LogP contribution in [0.5, 0.6) is 0 Å². The molecule has 1 N–H and O–H groups in total. The summed E-state index contributed by atoms with van der Waals surface area (Å²) in [5.41, 5.74) is 0.585. The van der Waals surface area contributed by atoms with Gasteiger partial charge in [-0.2, -0.15) is 8.78 Å². The topological polar surface area (TPSA) is 54.5 Å². The lowest BCUT2D eigenvalue weighted by Crippen LogP contribution is -2.45. The van der Waals surface area contributed by atoms with Gasteiger partial charge < -0.3 is 15.0 Å². The normalized spacial score (nSPS) is 21.9. The van der Waals surface area contributed by atoms with Crippen molar-refractivity contribution in [3.8, 4) is 0 Å². The van der Waals surface area contributed by atoms with E-state index < -0.39 is 24.8 Å². The molecular formula is C15H19F4N3O2. The Morgan fingerprint density at radius 3 is 2.62 bits per heavy atom. The molecule has 24 heavy (non-hydrogen) atoms. The summed E-state index contributed by atoms with van der Waals surface area (Å²) in [6, 6.07) is 3.13. The number of morpholine rings is 1. The van der Waals surface area contributed by atoms with Crippen molar-refractivity contribution in [3.05, 3.63) is 24.0 Å². The summed E-state index contributed by atoms with van der Waals surface area (Å²) in [6.07, 6.45) is -2.46. The molecular weight excluding hydrogens is 330 g/mol. The molecule has 1 aromatic heterocycles. The van der Waals surface area contributed by atoms with E-state index in [2.05, 4.69) is 4.98 Å². The maximum Gasteiger partial charge on any atom is 0.324 e. The average molecular weight is 349 g/mol. The molecule has 1 fully saturated rings. The zero-order chi connectivity index (χ0) is 17.9. The first kappa shape index (κ1) is 18.4. The highest BCUT2D eigenvalue weighted by Gasteiger charge is 2.41. The van der Waals surface area contributed by atoms with Crippen LogP contribution in [0.15, 0.2) is 18.3 Å². The number of aromatic nitrogens is 1. The summed E-state index contributed by atoms with van der Waals surface area (Å²) in [4.78, 5) is 17.7. The quantitative estimate of drug-likeness (QED) is 0.829. The number of carbonyl (C=O) groups excluding carboxylic acids is 1. The summed E-state index contributed by atoms with van der Waals surface area (Å²) < 4.78 is 55.6. The largest absolute Gasteiger partial charge is 0.372 e. The highest BCUT2D eigenvalue weighted by Crippen LogP contribution is 2.22. The van der Waals surface area contributed by atoms with Gasteiger partial charge in [0.15, 0.2) is 0 Å². The number of carbonyl (C=O) groups is 1. The molecule has 0 spiro atoms. The minimum Gasteiger partial charge on any atom is -0.372 e. The molecule has 9 heteroatoms. The number of pyridine rings is 1. The standard InChI is InChI=1S/C15H19F4N3O2/c1-9-6-22(7-10(2)24-9)11-3-4-20-12(5-11)13(23)21-8-15(18,19)14(16)17/h3-5,9-10,14H,6-8H2,1-2H3,(H,21,23)/t9-,10+. The first-order valence-corrected chi connectivity index (χ1v) is 7.49. The van der Waals surface area contributed by atoms with E-state index in [1.54, 1.807) is 11.4 Å². The second-order valence-electron chi connectivity index (χ2n) is 5.81. The van der Waals surface area contributed by atoms with Crippen LogP contribution in [0.4, 0.5) is 23.2 Å². The van der Waals surface area contributed by atoms with E-state index in [9.17, 15) is 22.4 Å². The van der Waals surface area contributed by atoms with Crippen LogP contribution in [0.1, 0.15) is 24.3 Å². The fourth-order valence-electron chi connectivity index (χ4n) is 2.49. The number of amides is 1. The molecule has 2 atom stereocenters. The molecule has 0 radical (unpaired) electrons. The van der Waals surface area contributed by atoms with Crippen LogP contribution < -0.4 is 10.2 Å². The minimum absolute atomic E-state index is 0.00363. The molecule has 134 valence electrons. The Bertz CT molecular complexity index is 576. The summed E-state index contributed by atoms with van der Waals surface area (Å²) in [5.74, 6) is -5.20. The second-order valence-corrected chi connectivity index (χ2v) is 5.81. The van der Waals surface area contributed by atoms with Gasteiger partial charge in [0, 0.05) is 25.0 Å². The van der Waals surface area contributed by atoms with Crippen molar-refractivity contribution in [1.82, 2.24) is 10.3 Å². The highest BCUT2D eigenvalue weighted by atomic mass is 19.3. The van der Waals surface area contributed by atoms with E-state index in [4.69, 9.17) is 4.74 Å². The Hall–Kier alpha value is -1.90. The van der Waals surface area contributed by atoms with Crippen LogP contribution >= 0.6 is 0 Å². The molecule has 1 saturated heterocycles. The lowest BCUT2D eigenvalue weighted by atomic mass is 10.2. The third kappa shape index (κ3) is 4.56. The first-order chi connectivity index (χ1) is 11.2. The molecule has 1 aliphatic heterocycles. The molecule has 1 aliphatic rings. The number of ether oxygens (including phenoxy) is 1. The summed E-state index contributed by atoms with van der Waals surface area (Å²) in [6.45, 7) is 3.62. The van der Waals surface area contributed by atoms with E-state index in [1.165, 1.54) is 12.3 Å². The Kier molecular flexibility index (Phi) is 5.63. The van der Waals surface area contributed by atoms with Crippen LogP contribution in [0, 0.1) is 0 Å². The third-order valence-corrected chi connectivity index (χ3v) is 3.56. The molecule has 0 unspecified atom stereocenters. The van der Waals surface area contributed by atoms with Gasteiger partial charge in [0.1, 0.15) is 5.69 Å². The van der Waals surface area contributed by atoms with Gasteiger partial charge in [-0.3, -0.25) is 9.78 Å². The fraction of sp³-hybridized carbons (Fsp3) is 0.600. The Balaban J connectivity index is 2.05. The molecule has 1 amide bonds. The predicted octanol–water partition coefficient (Wildman–Crippen LogP) is 2.33. The smallest absolute Gasteiger partial charge is 0.324 e. The average Bonchev–Trinajstić information content (AvgIpc) is 2.51. The van der Waals surface area contributed by atoms with Crippen molar-refractivity contribution in [1.29, 1.82) is 0 Å². The number of nitrogens with zero attached hydrogens (tertiary/aromatic N) is 2. The molecule has 0 bridgehead atoms. The number of halogens is 4. The van der Waals surface area contributed by atoms with Crippen LogP contribution in [-0.2, 0) is 4.74 Å². The first-order valence-electron chi connectivity index (χ1n) is 7.49. The van der Waals surface area contributed by atoms with Crippen molar-refractivity contribution >= 4 is 11.6 Å². The van der Waals surface area contributed by atoms with Crippen molar-refractivity contribution in [2.45, 2.75) is 38.4 Å². The molecule has 0 saturated carbocycles. The van der Waals surface area contributed by atoms with E-state index in [0.717, 1.165) is 0 Å². The number of hydrogen-bond acceptors (Lipinski definition) is 4. The van der Waals surface area contributed by atoms with Gasteiger partial charge in [0.05, 0.1) is 18.8 Å². The summed E-state index contributed by atoms with van der Waals surface area (Å²) >= 11 is 0. The lowest BCUT2D eigenvalue weighted by Gasteiger charge is -2.36. The predicted molar refractivity (Wildman–Crippen MR) is 79.7 cm³/mol. The monoisotopic (exact) mass is 349 g/mol. The van der Waals surface area contributed by atoms with E-state index in [-0.39, 0.29) is 17.9 Å². The summed E-state index contributed by atoms with van der Waals surface area (Å²) in [7, 11) is 0. The van der Waals surface area contributed by atoms with Crippen molar-refractivity contribution in [2.75, 3.05) is 24.5 Å². The molecule has 2 heterocycles. The van der Waals surface area contributed by atoms with E-state index >= 15 is 0 Å². The van der Waals surface area contributed by atoms with Crippen LogP contribution in [-0.4, -0.2) is 55.1 Å². The molecule has 5 nitrogen and oxygen atoms in total. The van der Waals surface area contributed by atoms with Gasteiger partial charge in [0.2, 0.25) is 0 Å². The van der Waals surface area contributed by atoms with Gasteiger partial charge >= 0.3 is 12.3 Å². The maximum atomic E-state index is 12.9. The van der Waals surface area contributed by atoms with Crippen LogP contribution in [0.3, 0.4) is 0 Å². The molecule has 1 aromatic rings. The summed E-state index contributed by atoms with van der Waals surface area (Å²) in [5, 5.41) is 1.79. The SMILES string of the molecule is C[C@@H]1CN(c2ccnc(C(=O)NCC(F)(F)C(F)F)c2)C[C@H](C)O1. The number of anilines is 1. The van der Waals surface area contributed by atoms with E-state index in [0.29, 0.717) is 18.8 Å². The van der Waals surface area contributed by atoms with Gasteiger partial charge in [0.25, 0.3) is 5.91 Å². The number of nitrogens with one attached hydrogen (secondary N) is 1. The number of rotatable bonds is 5. The molecule has 2 rings (SSSR count). The van der Waals surface area contributed by atoms with Gasteiger partial charge in [-0.25, -0.2) is 8.78 Å². The maximum absolute atomic E-state index is 12.9. The van der Waals surface area contributed by atoms with Gasteiger partial charge in [-0.1, -0.05) is 0 Å². The molecule has 0 aliphatic carbocycles. The molecule has 0 aromatic carbocycles. The number of hydrogen-bond donors (Lipinski definition) is 1. The number of alkyl halides is 4. The zero-order valence-electron chi connectivity index (χ0n) is 13.3. The second kappa shape index (κ2) is 7.33. The van der Waals surface area contributed by atoms with Crippen molar-refractivity contribution in [3.63, 3.8) is 0 Å². The lowest BCUT2D eigenvalue weighted by molar-refractivity contribution is -0.123. The van der Waals surface area contributed by atoms with Gasteiger partial charge in [-0.05, 0) is 26.0 Å². The Morgan fingerprint density at radius 1 is 1.42 bits per heavy atom. The van der Waals surface area contributed by atoms with Crippen LogP contribution in [0.25, 0.3) is 0 Å². The minimum atomic E-state index is -4.28. The zero-order valence-corrected chi connectivity index (χ0v) is 13.3. The van der Waals surface area contributed by atoms with Crippen LogP contribution in [0.2, 0.25) is 0 Å². The third-order valence-electron chi connectivity index (χ3n) is 3.56. The van der Waals surface area contributed by atoms with Crippen molar-refractivity contribution < 1.29 is 27.1 Å².